The maximum atomic E-state index is 13.1. The molecule has 1 amide bonds. The Morgan fingerprint density at radius 1 is 0.420 bits per heavy atom. The Morgan fingerprint density at radius 3 is 1.22 bits per heavy atom. The maximum Gasteiger partial charge on any atom is 0.305 e. The van der Waals surface area contributed by atoms with Gasteiger partial charge in [0.15, 0.2) is 0 Å². The molecular weight excluding hydrogens is 620 g/mol. The molecule has 0 fully saturated rings. The van der Waals surface area contributed by atoms with E-state index in [2.05, 4.69) is 30.6 Å². The van der Waals surface area contributed by atoms with E-state index in [1.165, 1.54) is 128 Å². The molecule has 0 aliphatic rings. The van der Waals surface area contributed by atoms with Crippen molar-refractivity contribution in [3.05, 3.63) is 0 Å². The van der Waals surface area contributed by atoms with Crippen LogP contribution in [0.3, 0.4) is 0 Å². The van der Waals surface area contributed by atoms with E-state index >= 15 is 0 Å². The van der Waals surface area contributed by atoms with Crippen LogP contribution in [-0.4, -0.2) is 72.7 Å². The first-order chi connectivity index (χ1) is 24.6. The first kappa shape index (κ1) is 48.9. The smallest absolute Gasteiger partial charge is 0.305 e. The molecule has 298 valence electrons. The topological polar surface area (TPSA) is 70.1 Å². The van der Waals surface area contributed by atoms with Crippen molar-refractivity contribution in [1.29, 1.82) is 0 Å². The second kappa shape index (κ2) is 40.6. The number of aliphatic hydroxyl groups is 1. The van der Waals surface area contributed by atoms with Gasteiger partial charge in [-0.15, -0.1) is 0 Å². The van der Waals surface area contributed by atoms with Gasteiger partial charge < -0.3 is 19.6 Å². The van der Waals surface area contributed by atoms with Crippen LogP contribution >= 0.6 is 0 Å². The van der Waals surface area contributed by atoms with E-state index in [1.54, 1.807) is 0 Å². The maximum absolute atomic E-state index is 13.1. The van der Waals surface area contributed by atoms with Crippen LogP contribution < -0.4 is 0 Å². The SMILES string of the molecule is CCCCCCCCCOC(=O)CCCCCCCN(CCO)CCCCCCCC(=O)N(CCCCCCCC)CCCCCCCCC. The Kier molecular flexibility index (Phi) is 39.7. The summed E-state index contributed by atoms with van der Waals surface area (Å²) >= 11 is 0. The zero-order valence-corrected chi connectivity index (χ0v) is 34.1. The van der Waals surface area contributed by atoms with E-state index in [9.17, 15) is 14.7 Å². The zero-order valence-electron chi connectivity index (χ0n) is 34.1. The van der Waals surface area contributed by atoms with Crippen molar-refractivity contribution < 1.29 is 19.4 Å². The molecule has 6 heteroatoms. The predicted octanol–water partition coefficient (Wildman–Crippen LogP) is 12.2. The summed E-state index contributed by atoms with van der Waals surface area (Å²) in [6, 6.07) is 0. The molecule has 50 heavy (non-hydrogen) atoms. The summed E-state index contributed by atoms with van der Waals surface area (Å²) < 4.78 is 5.41. The van der Waals surface area contributed by atoms with Gasteiger partial charge >= 0.3 is 5.97 Å². The number of aliphatic hydroxyl groups excluding tert-OH is 1. The van der Waals surface area contributed by atoms with Crippen LogP contribution in [0.1, 0.15) is 226 Å². The highest BCUT2D eigenvalue weighted by Gasteiger charge is 2.13. The largest absolute Gasteiger partial charge is 0.466 e. The number of hydrogen-bond donors (Lipinski definition) is 1. The van der Waals surface area contributed by atoms with Gasteiger partial charge in [0, 0.05) is 32.5 Å². The molecule has 0 bridgehead atoms. The summed E-state index contributed by atoms with van der Waals surface area (Å²) in [6.45, 7) is 12.3. The minimum absolute atomic E-state index is 0.0269. The second-order valence-corrected chi connectivity index (χ2v) is 15.2. The van der Waals surface area contributed by atoms with Gasteiger partial charge in [0.1, 0.15) is 0 Å². The van der Waals surface area contributed by atoms with Crippen molar-refractivity contribution in [1.82, 2.24) is 9.80 Å². The fourth-order valence-corrected chi connectivity index (χ4v) is 6.93. The van der Waals surface area contributed by atoms with Gasteiger partial charge in [0.05, 0.1) is 13.2 Å². The lowest BCUT2D eigenvalue weighted by Gasteiger charge is -2.23. The molecule has 0 radical (unpaired) electrons. The number of esters is 1. The van der Waals surface area contributed by atoms with Crippen LogP contribution in [-0.2, 0) is 14.3 Å². The first-order valence-electron chi connectivity index (χ1n) is 22.4. The zero-order chi connectivity index (χ0) is 36.6. The van der Waals surface area contributed by atoms with Crippen LogP contribution in [0.15, 0.2) is 0 Å². The second-order valence-electron chi connectivity index (χ2n) is 15.2. The highest BCUT2D eigenvalue weighted by Crippen LogP contribution is 2.14. The number of hydrogen-bond acceptors (Lipinski definition) is 5. The van der Waals surface area contributed by atoms with Crippen LogP contribution in [0.25, 0.3) is 0 Å². The number of ether oxygens (including phenoxy) is 1. The van der Waals surface area contributed by atoms with Crippen molar-refractivity contribution in [3.63, 3.8) is 0 Å². The van der Waals surface area contributed by atoms with Crippen LogP contribution in [0.4, 0.5) is 0 Å². The minimum Gasteiger partial charge on any atom is -0.466 e. The number of unbranched alkanes of at least 4 members (excludes halogenated alkanes) is 25. The molecule has 0 saturated heterocycles. The van der Waals surface area contributed by atoms with E-state index in [-0.39, 0.29) is 12.6 Å². The predicted molar refractivity (Wildman–Crippen MR) is 216 cm³/mol. The Labute approximate surface area is 312 Å². The minimum atomic E-state index is -0.0269. The molecule has 0 aromatic heterocycles. The van der Waals surface area contributed by atoms with Gasteiger partial charge in [0.25, 0.3) is 0 Å². The van der Waals surface area contributed by atoms with Crippen LogP contribution in [0.2, 0.25) is 0 Å². The summed E-state index contributed by atoms with van der Waals surface area (Å²) in [4.78, 5) is 29.7. The molecule has 0 heterocycles. The van der Waals surface area contributed by atoms with Gasteiger partial charge in [-0.1, -0.05) is 168 Å². The molecule has 1 N–H and O–H groups in total. The average Bonchev–Trinajstić information content (AvgIpc) is 3.11. The van der Waals surface area contributed by atoms with E-state index < -0.39 is 0 Å². The lowest BCUT2D eigenvalue weighted by molar-refractivity contribution is -0.144. The third-order valence-corrected chi connectivity index (χ3v) is 10.3. The molecule has 0 rings (SSSR count). The standard InChI is InChI=1S/C44H88N2O4/c1-4-7-10-13-16-25-32-39-46(38-31-24-15-12-9-6-3)43(48)34-27-20-18-22-29-36-45(40-41-47)37-30-23-19-21-28-35-44(49)50-42-33-26-17-14-11-8-5-2/h47H,4-42H2,1-3H3. The van der Waals surface area contributed by atoms with Gasteiger partial charge in [0.2, 0.25) is 5.91 Å². The Bertz CT molecular complexity index is 704. The summed E-state index contributed by atoms with van der Waals surface area (Å²) in [7, 11) is 0. The van der Waals surface area contributed by atoms with Gasteiger partial charge in [-0.2, -0.15) is 0 Å². The first-order valence-corrected chi connectivity index (χ1v) is 22.4. The van der Waals surface area contributed by atoms with E-state index in [1.807, 2.05) is 0 Å². The Hall–Kier alpha value is -1.14. The molecule has 0 unspecified atom stereocenters. The molecule has 0 spiro atoms. The lowest BCUT2D eigenvalue weighted by Crippen LogP contribution is -2.32. The number of amides is 1. The van der Waals surface area contributed by atoms with Crippen molar-refractivity contribution in [3.8, 4) is 0 Å². The summed E-state index contributed by atoms with van der Waals surface area (Å²) in [5.74, 6) is 0.360. The summed E-state index contributed by atoms with van der Waals surface area (Å²) in [5, 5.41) is 9.56. The lowest BCUT2D eigenvalue weighted by atomic mass is 10.1. The normalized spacial score (nSPS) is 11.5. The number of carbonyl (C=O) groups excluding carboxylic acids is 2. The van der Waals surface area contributed by atoms with E-state index in [0.29, 0.717) is 25.4 Å². The van der Waals surface area contributed by atoms with Crippen molar-refractivity contribution >= 4 is 11.9 Å². The highest BCUT2D eigenvalue weighted by atomic mass is 16.5. The van der Waals surface area contributed by atoms with E-state index in [0.717, 1.165) is 96.9 Å². The average molecular weight is 709 g/mol. The molecule has 0 atom stereocenters. The van der Waals surface area contributed by atoms with E-state index in [4.69, 9.17) is 4.74 Å². The number of carbonyl (C=O) groups is 2. The molecule has 0 saturated carbocycles. The quantitative estimate of drug-likeness (QED) is 0.0506. The molecule has 0 aliphatic carbocycles. The molecule has 0 aromatic rings. The molecule has 6 nitrogen and oxygen atoms in total. The third kappa shape index (κ3) is 35.3. The monoisotopic (exact) mass is 709 g/mol. The summed E-state index contributed by atoms with van der Waals surface area (Å²) in [6.07, 6.45) is 37.9. The van der Waals surface area contributed by atoms with Gasteiger partial charge in [-0.05, 0) is 58.0 Å². The van der Waals surface area contributed by atoms with Crippen LogP contribution in [0, 0.1) is 0 Å². The highest BCUT2D eigenvalue weighted by molar-refractivity contribution is 5.76. The molecule has 0 aromatic carbocycles. The van der Waals surface area contributed by atoms with Gasteiger partial charge in [-0.3, -0.25) is 9.59 Å². The molecule has 0 aliphatic heterocycles. The fourth-order valence-electron chi connectivity index (χ4n) is 6.93. The Balaban J connectivity index is 3.99. The fraction of sp³-hybridized carbons (Fsp3) is 0.955. The number of nitrogens with zero attached hydrogens (tertiary/aromatic N) is 2. The third-order valence-electron chi connectivity index (χ3n) is 10.3. The molecular formula is C44H88N2O4. The number of rotatable bonds is 41. The van der Waals surface area contributed by atoms with Crippen LogP contribution in [0.5, 0.6) is 0 Å². The van der Waals surface area contributed by atoms with Crippen molar-refractivity contribution in [2.45, 2.75) is 226 Å². The summed E-state index contributed by atoms with van der Waals surface area (Å²) in [5.41, 5.74) is 0. The Morgan fingerprint density at radius 2 is 0.780 bits per heavy atom. The van der Waals surface area contributed by atoms with Gasteiger partial charge in [-0.25, -0.2) is 0 Å². The van der Waals surface area contributed by atoms with Crippen molar-refractivity contribution in [2.24, 2.45) is 0 Å². The van der Waals surface area contributed by atoms with Crippen molar-refractivity contribution in [2.75, 3.05) is 45.9 Å².